The van der Waals surface area contributed by atoms with Crippen molar-refractivity contribution in [3.63, 3.8) is 0 Å². The maximum Gasteiger partial charge on any atom is 0.149 e. The number of nitrogens with one attached hydrogen (secondary N) is 2. The van der Waals surface area contributed by atoms with Crippen molar-refractivity contribution in [2.75, 3.05) is 5.43 Å². The van der Waals surface area contributed by atoms with Crippen LogP contribution in [0.2, 0.25) is 0 Å². The summed E-state index contributed by atoms with van der Waals surface area (Å²) in [4.78, 5) is 9.22. The number of hydrazine groups is 1. The lowest BCUT2D eigenvalue weighted by molar-refractivity contribution is 0.133. The van der Waals surface area contributed by atoms with Gasteiger partial charge < -0.3 is 10.6 Å². The van der Waals surface area contributed by atoms with Gasteiger partial charge in [-0.3, -0.25) is 0 Å². The zero-order chi connectivity index (χ0) is 19.5. The molecular formula is C22H21N5O. The maximum absolute atomic E-state index is 9.15. The van der Waals surface area contributed by atoms with E-state index in [2.05, 4.69) is 34.1 Å². The van der Waals surface area contributed by atoms with Crippen LogP contribution in [-0.4, -0.2) is 15.2 Å². The molecule has 140 valence electrons. The molecule has 0 aliphatic heterocycles. The van der Waals surface area contributed by atoms with Crippen LogP contribution in [-0.2, 0) is 0 Å². The molecular weight excluding hydrogens is 350 g/mol. The Hall–Kier alpha value is -3.32. The average molecular weight is 371 g/mol. The predicted molar refractivity (Wildman–Crippen MR) is 112 cm³/mol. The first kappa shape index (κ1) is 18.1. The van der Waals surface area contributed by atoms with Crippen molar-refractivity contribution >= 4 is 16.7 Å². The first-order valence-corrected chi connectivity index (χ1v) is 9.03. The Morgan fingerprint density at radius 2 is 1.71 bits per heavy atom. The van der Waals surface area contributed by atoms with E-state index < -0.39 is 0 Å². The molecule has 0 bridgehead atoms. The third-order valence-corrected chi connectivity index (χ3v) is 4.84. The smallest absolute Gasteiger partial charge is 0.149 e. The third kappa shape index (κ3) is 3.32. The number of pyridine rings is 2. The highest BCUT2D eigenvalue weighted by Gasteiger charge is 2.14. The largest absolute Gasteiger partial charge is 0.316 e. The number of rotatable bonds is 5. The van der Waals surface area contributed by atoms with E-state index in [1.165, 1.54) is 0 Å². The fraction of sp³-hybridized carbons (Fsp3) is 0.0909. The van der Waals surface area contributed by atoms with Gasteiger partial charge in [-0.25, -0.2) is 15.8 Å². The molecule has 0 saturated heterocycles. The van der Waals surface area contributed by atoms with Gasteiger partial charge in [-0.15, -0.1) is 0 Å². The minimum absolute atomic E-state index is 0.142. The van der Waals surface area contributed by atoms with Crippen molar-refractivity contribution in [1.29, 1.82) is 0 Å². The molecule has 0 amide bonds. The predicted octanol–water partition coefficient (Wildman–Crippen LogP) is 4.29. The summed E-state index contributed by atoms with van der Waals surface area (Å²) in [6.07, 6.45) is 1.69. The van der Waals surface area contributed by atoms with Crippen molar-refractivity contribution in [3.05, 3.63) is 78.5 Å². The normalized spacial score (nSPS) is 12.1. The minimum atomic E-state index is -0.142. The fourth-order valence-electron chi connectivity index (χ4n) is 3.27. The first-order chi connectivity index (χ1) is 13.7. The number of aromatic nitrogens is 2. The van der Waals surface area contributed by atoms with Gasteiger partial charge in [0.25, 0.3) is 0 Å². The number of anilines is 1. The van der Waals surface area contributed by atoms with Crippen LogP contribution in [0.4, 0.5) is 5.82 Å². The molecule has 0 aliphatic rings. The number of hydrogen-bond acceptors (Lipinski definition) is 6. The van der Waals surface area contributed by atoms with Crippen LogP contribution in [0.25, 0.3) is 33.3 Å². The van der Waals surface area contributed by atoms with E-state index in [0.717, 1.165) is 38.9 Å². The number of nitrogen functional groups attached to an aromatic ring is 1. The molecule has 6 nitrogen and oxygen atoms in total. The molecule has 28 heavy (non-hydrogen) atoms. The Morgan fingerprint density at radius 1 is 0.964 bits per heavy atom. The molecule has 1 atom stereocenters. The highest BCUT2D eigenvalue weighted by atomic mass is 16.5. The summed E-state index contributed by atoms with van der Waals surface area (Å²) in [5, 5.41) is 10.0. The maximum atomic E-state index is 9.15. The molecule has 0 aliphatic carbocycles. The van der Waals surface area contributed by atoms with Gasteiger partial charge in [-0.1, -0.05) is 54.6 Å². The molecule has 0 spiro atoms. The SMILES string of the molecule is C[C@@H](NO)c1ccc(-c2nc3ccnc(NN)c3cc2-c2ccccc2)cc1. The van der Waals surface area contributed by atoms with E-state index in [1.54, 1.807) is 6.20 Å². The molecule has 0 radical (unpaired) electrons. The van der Waals surface area contributed by atoms with Crippen molar-refractivity contribution in [2.45, 2.75) is 13.0 Å². The molecule has 0 fully saturated rings. The summed E-state index contributed by atoms with van der Waals surface area (Å²) in [6.45, 7) is 1.90. The second-order valence-corrected chi connectivity index (χ2v) is 6.59. The molecule has 6 heteroatoms. The van der Waals surface area contributed by atoms with E-state index in [9.17, 15) is 0 Å². The summed E-state index contributed by atoms with van der Waals surface area (Å²) >= 11 is 0. The van der Waals surface area contributed by atoms with Crippen LogP contribution in [0.5, 0.6) is 0 Å². The van der Waals surface area contributed by atoms with Crippen LogP contribution in [0.1, 0.15) is 18.5 Å². The van der Waals surface area contributed by atoms with Crippen molar-refractivity contribution in [3.8, 4) is 22.4 Å². The second-order valence-electron chi connectivity index (χ2n) is 6.59. The van der Waals surface area contributed by atoms with Crippen molar-refractivity contribution < 1.29 is 5.21 Å². The topological polar surface area (TPSA) is 96.1 Å². The second kappa shape index (κ2) is 7.74. The Bertz CT molecular complexity index is 1100. The van der Waals surface area contributed by atoms with Gasteiger partial charge in [0, 0.05) is 22.7 Å². The van der Waals surface area contributed by atoms with Crippen LogP contribution < -0.4 is 16.7 Å². The van der Waals surface area contributed by atoms with E-state index >= 15 is 0 Å². The summed E-state index contributed by atoms with van der Waals surface area (Å²) in [5.74, 6) is 6.24. The highest BCUT2D eigenvalue weighted by Crippen LogP contribution is 2.35. The zero-order valence-corrected chi connectivity index (χ0v) is 15.4. The Balaban J connectivity index is 1.93. The summed E-state index contributed by atoms with van der Waals surface area (Å²) in [6, 6.07) is 21.9. The van der Waals surface area contributed by atoms with E-state index in [1.807, 2.05) is 55.5 Å². The van der Waals surface area contributed by atoms with Gasteiger partial charge in [-0.2, -0.15) is 5.48 Å². The number of nitrogens with two attached hydrogens (primary N) is 1. The van der Waals surface area contributed by atoms with Gasteiger partial charge in [0.1, 0.15) is 5.82 Å². The lowest BCUT2D eigenvalue weighted by Crippen LogP contribution is -2.12. The minimum Gasteiger partial charge on any atom is -0.316 e. The van der Waals surface area contributed by atoms with Crippen LogP contribution in [0.3, 0.4) is 0 Å². The number of hydrogen-bond donors (Lipinski definition) is 4. The summed E-state index contributed by atoms with van der Waals surface area (Å²) < 4.78 is 0. The third-order valence-electron chi connectivity index (χ3n) is 4.84. The van der Waals surface area contributed by atoms with Gasteiger partial charge in [-0.05, 0) is 30.2 Å². The fourth-order valence-corrected chi connectivity index (χ4v) is 3.27. The van der Waals surface area contributed by atoms with Crippen LogP contribution in [0, 0.1) is 0 Å². The molecule has 4 aromatic rings. The lowest BCUT2D eigenvalue weighted by Gasteiger charge is -2.14. The van der Waals surface area contributed by atoms with Gasteiger partial charge in [0.05, 0.1) is 17.3 Å². The quantitative estimate of drug-likeness (QED) is 0.309. The van der Waals surface area contributed by atoms with Crippen molar-refractivity contribution in [1.82, 2.24) is 15.4 Å². The highest BCUT2D eigenvalue weighted by molar-refractivity contribution is 5.96. The zero-order valence-electron chi connectivity index (χ0n) is 15.4. The van der Waals surface area contributed by atoms with E-state index in [4.69, 9.17) is 16.0 Å². The monoisotopic (exact) mass is 371 g/mol. The standard InChI is InChI=1S/C22H21N5O/c1-14(27-28)15-7-9-17(10-8-15)21-18(16-5-3-2-4-6-16)13-19-20(25-21)11-12-24-22(19)26-23/h2-14,27-28H,23H2,1H3,(H,24,26)/t14-/m1/s1. The Morgan fingerprint density at radius 3 is 2.39 bits per heavy atom. The number of hydroxylamine groups is 1. The summed E-state index contributed by atoms with van der Waals surface area (Å²) in [7, 11) is 0. The van der Waals surface area contributed by atoms with Gasteiger partial charge in [0.15, 0.2) is 0 Å². The van der Waals surface area contributed by atoms with E-state index in [-0.39, 0.29) is 6.04 Å². The molecule has 0 saturated carbocycles. The molecule has 2 heterocycles. The van der Waals surface area contributed by atoms with Gasteiger partial charge >= 0.3 is 0 Å². The van der Waals surface area contributed by atoms with Crippen molar-refractivity contribution in [2.24, 2.45) is 5.84 Å². The molecule has 4 rings (SSSR count). The lowest BCUT2D eigenvalue weighted by atomic mass is 9.96. The summed E-state index contributed by atoms with van der Waals surface area (Å²) in [5.41, 5.74) is 10.7. The number of fused-ring (bicyclic) bond motifs is 1. The molecule has 5 N–H and O–H groups in total. The molecule has 0 unspecified atom stereocenters. The average Bonchev–Trinajstić information content (AvgIpc) is 2.78. The number of benzene rings is 2. The Kier molecular flexibility index (Phi) is 4.99. The molecule has 2 aromatic heterocycles. The first-order valence-electron chi connectivity index (χ1n) is 9.03. The van der Waals surface area contributed by atoms with E-state index in [0.29, 0.717) is 5.82 Å². The van der Waals surface area contributed by atoms with Crippen LogP contribution in [0.15, 0.2) is 72.9 Å². The molecule has 2 aromatic carbocycles. The Labute approximate surface area is 163 Å². The van der Waals surface area contributed by atoms with Crippen LogP contribution >= 0.6 is 0 Å². The van der Waals surface area contributed by atoms with Gasteiger partial charge in [0.2, 0.25) is 0 Å². The number of nitrogens with zero attached hydrogens (tertiary/aromatic N) is 2.